The van der Waals surface area contributed by atoms with E-state index in [1.807, 2.05) is 6.92 Å². The highest BCUT2D eigenvalue weighted by atomic mass is 16.5. The van der Waals surface area contributed by atoms with Crippen molar-refractivity contribution in [2.75, 3.05) is 6.61 Å². The first-order chi connectivity index (χ1) is 9.55. The summed E-state index contributed by atoms with van der Waals surface area (Å²) in [6.45, 7) is 4.78. The summed E-state index contributed by atoms with van der Waals surface area (Å²) in [5.41, 5.74) is -0.784. The smallest absolute Gasteiger partial charge is 0.196 e. The molecule has 0 radical (unpaired) electrons. The van der Waals surface area contributed by atoms with Crippen LogP contribution in [-0.4, -0.2) is 28.1 Å². The Balaban J connectivity index is 2.12. The van der Waals surface area contributed by atoms with Crippen molar-refractivity contribution < 1.29 is 14.6 Å². The number of hydrogen-bond acceptors (Lipinski definition) is 4. The van der Waals surface area contributed by atoms with E-state index in [0.717, 1.165) is 19.3 Å². The molecule has 1 fully saturated rings. The van der Waals surface area contributed by atoms with Crippen molar-refractivity contribution in [3.05, 3.63) is 24.0 Å². The van der Waals surface area contributed by atoms with Gasteiger partial charge in [0.15, 0.2) is 5.78 Å². The molecule has 4 heteroatoms. The van der Waals surface area contributed by atoms with Gasteiger partial charge in [-0.2, -0.15) is 0 Å². The maximum absolute atomic E-state index is 12.5. The second-order valence-corrected chi connectivity index (χ2v) is 5.80. The average molecular weight is 277 g/mol. The van der Waals surface area contributed by atoms with Gasteiger partial charge in [-0.3, -0.25) is 9.78 Å². The van der Waals surface area contributed by atoms with Crippen molar-refractivity contribution in [1.29, 1.82) is 0 Å². The molecule has 20 heavy (non-hydrogen) atoms. The first-order valence-corrected chi connectivity index (χ1v) is 7.40. The van der Waals surface area contributed by atoms with E-state index in [2.05, 4.69) is 11.9 Å². The van der Waals surface area contributed by atoms with E-state index in [1.54, 1.807) is 12.3 Å². The maximum atomic E-state index is 12.5. The predicted molar refractivity (Wildman–Crippen MR) is 76.9 cm³/mol. The number of aliphatic hydroxyl groups is 1. The number of pyridine rings is 1. The highest BCUT2D eigenvalue weighted by Gasteiger charge is 2.39. The van der Waals surface area contributed by atoms with Crippen LogP contribution in [0.3, 0.4) is 0 Å². The Hall–Kier alpha value is -1.42. The van der Waals surface area contributed by atoms with Gasteiger partial charge in [-0.1, -0.05) is 13.8 Å². The van der Waals surface area contributed by atoms with Gasteiger partial charge < -0.3 is 9.84 Å². The zero-order valence-corrected chi connectivity index (χ0v) is 12.3. The second kappa shape index (κ2) is 6.35. The molecule has 0 amide bonds. The minimum absolute atomic E-state index is 0.223. The van der Waals surface area contributed by atoms with Crippen LogP contribution in [-0.2, 0) is 0 Å². The molecule has 1 aliphatic carbocycles. The van der Waals surface area contributed by atoms with Gasteiger partial charge in [-0.25, -0.2) is 0 Å². The number of carbonyl (C=O) groups is 1. The first-order valence-electron chi connectivity index (χ1n) is 7.40. The summed E-state index contributed by atoms with van der Waals surface area (Å²) in [5.74, 6) is 0.949. The van der Waals surface area contributed by atoms with Crippen molar-refractivity contribution in [3.8, 4) is 5.75 Å². The molecule has 1 aromatic rings. The lowest BCUT2D eigenvalue weighted by molar-refractivity contribution is 0.00421. The normalized spacial score (nSPS) is 26.2. The number of nitrogens with zero attached hydrogens (tertiary/aromatic N) is 1. The van der Waals surface area contributed by atoms with Crippen LogP contribution in [0, 0.1) is 5.92 Å². The molecule has 0 bridgehead atoms. The summed E-state index contributed by atoms with van der Waals surface area (Å²) in [7, 11) is 0. The third-order valence-corrected chi connectivity index (χ3v) is 3.97. The number of aromatic nitrogens is 1. The van der Waals surface area contributed by atoms with E-state index in [9.17, 15) is 9.90 Å². The molecule has 0 aromatic carbocycles. The first kappa shape index (κ1) is 15.0. The van der Waals surface area contributed by atoms with Gasteiger partial charge in [0.2, 0.25) is 0 Å². The molecular formula is C16H23NO3. The molecule has 0 saturated heterocycles. The molecule has 0 aliphatic heterocycles. The fourth-order valence-electron chi connectivity index (χ4n) is 2.58. The summed E-state index contributed by atoms with van der Waals surface area (Å²) < 4.78 is 5.49. The number of hydrogen-bond donors (Lipinski definition) is 1. The van der Waals surface area contributed by atoms with Gasteiger partial charge in [-0.15, -0.1) is 0 Å². The molecule has 4 nitrogen and oxygen atoms in total. The second-order valence-electron chi connectivity index (χ2n) is 5.80. The lowest BCUT2D eigenvalue weighted by atomic mass is 9.76. The van der Waals surface area contributed by atoms with Gasteiger partial charge in [0.05, 0.1) is 12.8 Å². The van der Waals surface area contributed by atoms with Gasteiger partial charge in [0, 0.05) is 11.8 Å². The number of ketones is 1. The molecular weight excluding hydrogens is 254 g/mol. The fraction of sp³-hybridized carbons (Fsp3) is 0.625. The Kier molecular flexibility index (Phi) is 4.76. The molecule has 1 heterocycles. The largest absolute Gasteiger partial charge is 0.492 e. The van der Waals surface area contributed by atoms with Crippen LogP contribution in [0.4, 0.5) is 0 Å². The Morgan fingerprint density at radius 3 is 2.80 bits per heavy atom. The minimum Gasteiger partial charge on any atom is -0.492 e. The SMILES string of the molecule is CCCOc1cncc(C(=O)C2(O)CCC(C)CC2)c1. The van der Waals surface area contributed by atoms with E-state index in [1.165, 1.54) is 6.20 Å². The van der Waals surface area contributed by atoms with E-state index >= 15 is 0 Å². The molecule has 0 atom stereocenters. The number of Topliss-reactive ketones (excluding diaryl/α,β-unsaturated/α-hetero) is 1. The predicted octanol–water partition coefficient (Wildman–Crippen LogP) is 2.99. The van der Waals surface area contributed by atoms with Crippen LogP contribution < -0.4 is 4.74 Å². The van der Waals surface area contributed by atoms with Crippen molar-refractivity contribution in [3.63, 3.8) is 0 Å². The summed E-state index contributed by atoms with van der Waals surface area (Å²) in [6, 6.07) is 1.68. The number of ether oxygens (including phenoxy) is 1. The van der Waals surface area contributed by atoms with Gasteiger partial charge >= 0.3 is 0 Å². The fourth-order valence-corrected chi connectivity index (χ4v) is 2.58. The molecule has 110 valence electrons. The molecule has 0 spiro atoms. The van der Waals surface area contributed by atoms with Crippen molar-refractivity contribution in [2.24, 2.45) is 5.92 Å². The summed E-state index contributed by atoms with van der Waals surface area (Å²) in [4.78, 5) is 16.6. The van der Waals surface area contributed by atoms with E-state index in [0.29, 0.717) is 36.7 Å². The van der Waals surface area contributed by atoms with Gasteiger partial charge in [0.25, 0.3) is 0 Å². The van der Waals surface area contributed by atoms with Crippen LogP contribution in [0.25, 0.3) is 0 Å². The Morgan fingerprint density at radius 1 is 1.45 bits per heavy atom. The van der Waals surface area contributed by atoms with Crippen LogP contribution in [0.1, 0.15) is 56.3 Å². The Labute approximate surface area is 120 Å². The highest BCUT2D eigenvalue weighted by molar-refractivity contribution is 6.02. The summed E-state index contributed by atoms with van der Waals surface area (Å²) >= 11 is 0. The molecule has 1 saturated carbocycles. The van der Waals surface area contributed by atoms with E-state index in [-0.39, 0.29) is 5.78 Å². The van der Waals surface area contributed by atoms with Crippen LogP contribution >= 0.6 is 0 Å². The topological polar surface area (TPSA) is 59.4 Å². The highest BCUT2D eigenvalue weighted by Crippen LogP contribution is 2.34. The minimum atomic E-state index is -1.22. The number of carbonyl (C=O) groups excluding carboxylic acids is 1. The quantitative estimate of drug-likeness (QED) is 0.840. The van der Waals surface area contributed by atoms with Crippen molar-refractivity contribution in [1.82, 2.24) is 4.98 Å². The monoisotopic (exact) mass is 277 g/mol. The molecule has 1 N–H and O–H groups in total. The molecule has 2 rings (SSSR count). The number of rotatable bonds is 5. The van der Waals surface area contributed by atoms with Crippen LogP contribution in [0.5, 0.6) is 5.75 Å². The summed E-state index contributed by atoms with van der Waals surface area (Å²) in [6.07, 6.45) is 6.86. The third kappa shape index (κ3) is 3.37. The summed E-state index contributed by atoms with van der Waals surface area (Å²) in [5, 5.41) is 10.6. The Bertz CT molecular complexity index is 465. The Morgan fingerprint density at radius 2 is 2.15 bits per heavy atom. The van der Waals surface area contributed by atoms with Gasteiger partial charge in [-0.05, 0) is 44.1 Å². The van der Waals surface area contributed by atoms with Crippen molar-refractivity contribution >= 4 is 5.78 Å². The molecule has 0 unspecified atom stereocenters. The lowest BCUT2D eigenvalue weighted by Crippen LogP contribution is -2.41. The molecule has 1 aliphatic rings. The zero-order chi connectivity index (χ0) is 14.6. The van der Waals surface area contributed by atoms with E-state index < -0.39 is 5.60 Å². The average Bonchev–Trinajstić information content (AvgIpc) is 2.48. The lowest BCUT2D eigenvalue weighted by Gasteiger charge is -2.33. The third-order valence-electron chi connectivity index (χ3n) is 3.97. The zero-order valence-electron chi connectivity index (χ0n) is 12.3. The van der Waals surface area contributed by atoms with Crippen LogP contribution in [0.15, 0.2) is 18.5 Å². The molecule has 1 aromatic heterocycles. The maximum Gasteiger partial charge on any atom is 0.196 e. The standard InChI is InChI=1S/C16H23NO3/c1-3-8-20-14-9-13(10-17-11-14)15(18)16(19)6-4-12(2)5-7-16/h9-12,19H,3-8H2,1-2H3. The van der Waals surface area contributed by atoms with E-state index in [4.69, 9.17) is 4.74 Å². The van der Waals surface area contributed by atoms with Crippen LogP contribution in [0.2, 0.25) is 0 Å². The van der Waals surface area contributed by atoms with Gasteiger partial charge in [0.1, 0.15) is 11.4 Å². The van der Waals surface area contributed by atoms with Crippen molar-refractivity contribution in [2.45, 2.75) is 51.6 Å².